The van der Waals surface area contributed by atoms with Gasteiger partial charge in [0, 0.05) is 17.4 Å². The number of hydrogen-bond acceptors (Lipinski definition) is 3. The lowest BCUT2D eigenvalue weighted by atomic mass is 10.0. The van der Waals surface area contributed by atoms with Gasteiger partial charge in [-0.15, -0.1) is 0 Å². The highest BCUT2D eigenvalue weighted by Crippen LogP contribution is 2.34. The number of esters is 1. The lowest BCUT2D eigenvalue weighted by Crippen LogP contribution is -2.01. The van der Waals surface area contributed by atoms with Crippen LogP contribution in [-0.4, -0.2) is 17.6 Å². The van der Waals surface area contributed by atoms with Crippen molar-refractivity contribution in [3.05, 3.63) is 59.2 Å². The first kappa shape index (κ1) is 15.8. The Morgan fingerprint density at radius 3 is 2.50 bits per heavy atom. The van der Waals surface area contributed by atoms with Crippen LogP contribution in [-0.2, 0) is 11.3 Å². The monoisotopic (exact) mass is 318 g/mol. The van der Waals surface area contributed by atoms with Crippen molar-refractivity contribution in [3.63, 3.8) is 0 Å². The highest BCUT2D eigenvalue weighted by molar-refractivity contribution is 5.95. The van der Waals surface area contributed by atoms with Gasteiger partial charge in [0.15, 0.2) is 0 Å². The van der Waals surface area contributed by atoms with E-state index in [0.717, 1.165) is 34.3 Å². The number of nitrogens with zero attached hydrogens (tertiary/aromatic N) is 2. The molecule has 1 heterocycles. The van der Waals surface area contributed by atoms with E-state index in [1.807, 2.05) is 25.1 Å². The number of methoxy groups -OCH3 is 1. The van der Waals surface area contributed by atoms with Gasteiger partial charge in [0.05, 0.1) is 23.9 Å². The van der Waals surface area contributed by atoms with E-state index in [9.17, 15) is 10.1 Å². The number of benzene rings is 2. The molecular weight excluding hydrogens is 300 g/mol. The van der Waals surface area contributed by atoms with E-state index in [2.05, 4.69) is 29.7 Å². The number of aromatic nitrogens is 1. The van der Waals surface area contributed by atoms with E-state index >= 15 is 0 Å². The fraction of sp³-hybridized carbons (Fsp3) is 0.200. The molecule has 0 atom stereocenters. The molecular formula is C20H18N2O2. The third kappa shape index (κ3) is 2.44. The van der Waals surface area contributed by atoms with Crippen LogP contribution in [0.4, 0.5) is 0 Å². The van der Waals surface area contributed by atoms with Crippen molar-refractivity contribution in [1.29, 1.82) is 5.26 Å². The van der Waals surface area contributed by atoms with Gasteiger partial charge in [0.2, 0.25) is 0 Å². The predicted molar refractivity (Wildman–Crippen MR) is 93.8 cm³/mol. The largest absolute Gasteiger partial charge is 0.465 e. The molecule has 0 bridgehead atoms. The summed E-state index contributed by atoms with van der Waals surface area (Å²) in [5.74, 6) is -0.367. The van der Waals surface area contributed by atoms with Gasteiger partial charge in [-0.05, 0) is 43.7 Å². The van der Waals surface area contributed by atoms with E-state index in [-0.39, 0.29) is 5.97 Å². The summed E-state index contributed by atoms with van der Waals surface area (Å²) in [5, 5.41) is 10.7. The van der Waals surface area contributed by atoms with E-state index in [4.69, 9.17) is 4.74 Å². The van der Waals surface area contributed by atoms with Gasteiger partial charge in [-0.3, -0.25) is 0 Å². The van der Waals surface area contributed by atoms with Crippen molar-refractivity contribution in [2.45, 2.75) is 20.4 Å². The molecule has 2 aromatic carbocycles. The number of aryl methyl sites for hydroxylation is 2. The van der Waals surface area contributed by atoms with Gasteiger partial charge in [-0.25, -0.2) is 4.79 Å². The molecule has 120 valence electrons. The molecule has 0 fully saturated rings. The van der Waals surface area contributed by atoms with Gasteiger partial charge >= 0.3 is 5.97 Å². The first-order valence-corrected chi connectivity index (χ1v) is 7.82. The Bertz CT molecular complexity index is 960. The van der Waals surface area contributed by atoms with Gasteiger partial charge in [0.1, 0.15) is 6.07 Å². The molecule has 3 rings (SSSR count). The molecule has 4 nitrogen and oxygen atoms in total. The summed E-state index contributed by atoms with van der Waals surface area (Å²) in [4.78, 5) is 11.6. The zero-order chi connectivity index (χ0) is 17.3. The third-order valence-electron chi connectivity index (χ3n) is 4.23. The molecule has 0 aliphatic rings. The number of carbonyl (C=O) groups excluding carboxylic acids is 1. The lowest BCUT2D eigenvalue weighted by Gasteiger charge is -2.09. The fourth-order valence-corrected chi connectivity index (χ4v) is 3.09. The molecule has 0 amide bonds. The first-order valence-electron chi connectivity index (χ1n) is 7.82. The topological polar surface area (TPSA) is 55.0 Å². The quantitative estimate of drug-likeness (QED) is 0.677. The number of ether oxygens (including phenoxy) is 1. The van der Waals surface area contributed by atoms with Crippen molar-refractivity contribution in [3.8, 4) is 17.3 Å². The first-order chi connectivity index (χ1) is 11.6. The summed E-state index contributed by atoms with van der Waals surface area (Å²) in [6, 6.07) is 15.7. The second-order valence-electron chi connectivity index (χ2n) is 5.67. The van der Waals surface area contributed by atoms with Crippen LogP contribution in [0, 0.1) is 18.3 Å². The van der Waals surface area contributed by atoms with E-state index < -0.39 is 0 Å². The molecule has 4 heteroatoms. The minimum Gasteiger partial charge on any atom is -0.465 e. The van der Waals surface area contributed by atoms with E-state index in [1.165, 1.54) is 7.11 Å². The van der Waals surface area contributed by atoms with Crippen molar-refractivity contribution in [2.75, 3.05) is 7.11 Å². The Labute approximate surface area is 140 Å². The summed E-state index contributed by atoms with van der Waals surface area (Å²) in [5.41, 5.74) is 5.13. The van der Waals surface area contributed by atoms with E-state index in [0.29, 0.717) is 11.1 Å². The van der Waals surface area contributed by atoms with Gasteiger partial charge < -0.3 is 9.30 Å². The van der Waals surface area contributed by atoms with Gasteiger partial charge in [0.25, 0.3) is 0 Å². The molecule has 24 heavy (non-hydrogen) atoms. The SMILES string of the molecule is CCn1c(-c2ccc(C(=O)OC)cc2)c(C#N)c2cc(C)ccc21. The molecule has 0 radical (unpaired) electrons. The molecule has 0 aliphatic carbocycles. The van der Waals surface area contributed by atoms with Crippen LogP contribution in [0.3, 0.4) is 0 Å². The van der Waals surface area contributed by atoms with Crippen LogP contribution in [0.5, 0.6) is 0 Å². The summed E-state index contributed by atoms with van der Waals surface area (Å²) in [6.45, 7) is 4.84. The molecule has 0 unspecified atom stereocenters. The molecule has 1 aromatic heterocycles. The third-order valence-corrected chi connectivity index (χ3v) is 4.23. The molecule has 0 N–H and O–H groups in total. The summed E-state index contributed by atoms with van der Waals surface area (Å²) < 4.78 is 6.88. The lowest BCUT2D eigenvalue weighted by molar-refractivity contribution is 0.0601. The van der Waals surface area contributed by atoms with Crippen molar-refractivity contribution in [2.24, 2.45) is 0 Å². The number of hydrogen-bond donors (Lipinski definition) is 0. The fourth-order valence-electron chi connectivity index (χ4n) is 3.09. The Kier molecular flexibility index (Phi) is 4.09. The average molecular weight is 318 g/mol. The van der Waals surface area contributed by atoms with Crippen LogP contribution < -0.4 is 0 Å². The van der Waals surface area contributed by atoms with Crippen LogP contribution >= 0.6 is 0 Å². The zero-order valence-electron chi connectivity index (χ0n) is 14.0. The summed E-state index contributed by atoms with van der Waals surface area (Å²) in [6.07, 6.45) is 0. The Hall–Kier alpha value is -3.06. The van der Waals surface area contributed by atoms with Crippen LogP contribution in [0.2, 0.25) is 0 Å². The van der Waals surface area contributed by atoms with Crippen molar-refractivity contribution >= 4 is 16.9 Å². The Morgan fingerprint density at radius 1 is 1.21 bits per heavy atom. The Balaban J connectivity index is 2.25. The molecule has 0 saturated carbocycles. The normalized spacial score (nSPS) is 10.6. The minimum absolute atomic E-state index is 0.367. The molecule has 0 saturated heterocycles. The van der Waals surface area contributed by atoms with Crippen LogP contribution in [0.15, 0.2) is 42.5 Å². The van der Waals surface area contributed by atoms with Crippen molar-refractivity contribution < 1.29 is 9.53 Å². The molecule has 3 aromatic rings. The summed E-state index contributed by atoms with van der Waals surface area (Å²) in [7, 11) is 1.36. The number of fused-ring (bicyclic) bond motifs is 1. The standard InChI is InChI=1S/C20H18N2O2/c1-4-22-18-10-5-13(2)11-16(18)17(12-21)19(22)14-6-8-15(9-7-14)20(23)24-3/h5-11H,4H2,1-3H3. The summed E-state index contributed by atoms with van der Waals surface area (Å²) >= 11 is 0. The predicted octanol–water partition coefficient (Wildman–Crippen LogP) is 4.29. The maximum Gasteiger partial charge on any atom is 0.337 e. The number of carbonyl (C=O) groups is 1. The number of rotatable bonds is 3. The van der Waals surface area contributed by atoms with Gasteiger partial charge in [-0.2, -0.15) is 5.26 Å². The maximum absolute atomic E-state index is 11.6. The zero-order valence-corrected chi connectivity index (χ0v) is 14.0. The second-order valence-corrected chi connectivity index (χ2v) is 5.67. The molecule has 0 spiro atoms. The van der Waals surface area contributed by atoms with E-state index in [1.54, 1.807) is 12.1 Å². The average Bonchev–Trinajstić information content (AvgIpc) is 2.93. The maximum atomic E-state index is 11.6. The highest BCUT2D eigenvalue weighted by atomic mass is 16.5. The van der Waals surface area contributed by atoms with Gasteiger partial charge in [-0.1, -0.05) is 23.8 Å². The second kappa shape index (κ2) is 6.21. The highest BCUT2D eigenvalue weighted by Gasteiger charge is 2.18. The van der Waals surface area contributed by atoms with Crippen LogP contribution in [0.25, 0.3) is 22.2 Å². The molecule has 0 aliphatic heterocycles. The van der Waals surface area contributed by atoms with Crippen LogP contribution in [0.1, 0.15) is 28.4 Å². The van der Waals surface area contributed by atoms with Crippen molar-refractivity contribution in [1.82, 2.24) is 4.57 Å². The smallest absolute Gasteiger partial charge is 0.337 e. The minimum atomic E-state index is -0.367. The Morgan fingerprint density at radius 2 is 1.92 bits per heavy atom. The number of nitriles is 1.